The smallest absolute Gasteiger partial charge is 0.303 e. The van der Waals surface area contributed by atoms with E-state index in [1.807, 2.05) is 29.2 Å². The van der Waals surface area contributed by atoms with Gasteiger partial charge in [0.15, 0.2) is 0 Å². The molecular formula is C22H33N3O4. The van der Waals surface area contributed by atoms with Crippen LogP contribution in [-0.4, -0.2) is 79.7 Å². The Labute approximate surface area is 173 Å². The molecule has 2 N–H and O–H groups in total. The molecular weight excluding hydrogens is 370 g/mol. The lowest BCUT2D eigenvalue weighted by Crippen LogP contribution is -2.47. The van der Waals surface area contributed by atoms with Crippen LogP contribution in [-0.2, 0) is 16.0 Å². The van der Waals surface area contributed by atoms with Crippen LogP contribution in [0.15, 0.2) is 24.3 Å². The number of nitrogens with one attached hydrogen (secondary N) is 1. The Morgan fingerprint density at radius 2 is 1.86 bits per heavy atom. The molecule has 2 atom stereocenters. The number of carbonyl (C=O) groups is 2. The number of benzene rings is 1. The first kappa shape index (κ1) is 21.6. The first-order chi connectivity index (χ1) is 14.0. The minimum atomic E-state index is -0.736. The molecule has 3 rings (SSSR count). The van der Waals surface area contributed by atoms with Gasteiger partial charge in [0, 0.05) is 45.7 Å². The molecule has 0 unspecified atom stereocenters. The normalized spacial score (nSPS) is 23.0. The number of hydrogen-bond acceptors (Lipinski definition) is 5. The van der Waals surface area contributed by atoms with Gasteiger partial charge >= 0.3 is 5.97 Å². The van der Waals surface area contributed by atoms with Crippen LogP contribution < -0.4 is 10.1 Å². The van der Waals surface area contributed by atoms with Gasteiger partial charge in [0.05, 0.1) is 13.5 Å². The maximum atomic E-state index is 12.9. The molecule has 1 aromatic carbocycles. The Balaban J connectivity index is 1.57. The average Bonchev–Trinajstić information content (AvgIpc) is 2.74. The molecule has 0 radical (unpaired) electrons. The van der Waals surface area contributed by atoms with Gasteiger partial charge in [-0.05, 0) is 48.9 Å². The summed E-state index contributed by atoms with van der Waals surface area (Å²) in [4.78, 5) is 28.6. The SMILES string of the molecule is COc1ccc(CC(=O)N2CC[C@@H](CC(=O)O)[C@@H](CCN3CCNCC3)C2)cc1. The van der Waals surface area contributed by atoms with Crippen molar-refractivity contribution >= 4 is 11.9 Å². The molecule has 0 saturated carbocycles. The number of aliphatic carboxylic acids is 1. The third kappa shape index (κ3) is 6.44. The van der Waals surface area contributed by atoms with E-state index in [2.05, 4.69) is 10.2 Å². The maximum absolute atomic E-state index is 12.9. The van der Waals surface area contributed by atoms with Gasteiger partial charge in [0.2, 0.25) is 5.91 Å². The van der Waals surface area contributed by atoms with Crippen LogP contribution in [0.25, 0.3) is 0 Å². The largest absolute Gasteiger partial charge is 0.497 e. The van der Waals surface area contributed by atoms with Gasteiger partial charge < -0.3 is 25.0 Å². The first-order valence-electron chi connectivity index (χ1n) is 10.6. The second-order valence-electron chi connectivity index (χ2n) is 8.15. The van der Waals surface area contributed by atoms with Crippen molar-refractivity contribution in [2.45, 2.75) is 25.7 Å². The van der Waals surface area contributed by atoms with E-state index in [4.69, 9.17) is 4.74 Å². The minimum Gasteiger partial charge on any atom is -0.497 e. The monoisotopic (exact) mass is 403 g/mol. The molecule has 7 nitrogen and oxygen atoms in total. The Hall–Kier alpha value is -2.12. The number of piperidine rings is 1. The molecule has 160 valence electrons. The van der Waals surface area contributed by atoms with Gasteiger partial charge in [0.25, 0.3) is 0 Å². The van der Waals surface area contributed by atoms with Crippen molar-refractivity contribution in [1.29, 1.82) is 0 Å². The topological polar surface area (TPSA) is 82.1 Å². The average molecular weight is 404 g/mol. The van der Waals surface area contributed by atoms with Crippen LogP contribution in [0.3, 0.4) is 0 Å². The number of likely N-dealkylation sites (tertiary alicyclic amines) is 1. The highest BCUT2D eigenvalue weighted by atomic mass is 16.5. The highest BCUT2D eigenvalue weighted by Crippen LogP contribution is 2.30. The quantitative estimate of drug-likeness (QED) is 0.684. The Kier molecular flexibility index (Phi) is 7.89. The number of ether oxygens (including phenoxy) is 1. The zero-order valence-corrected chi connectivity index (χ0v) is 17.3. The second kappa shape index (κ2) is 10.6. The first-order valence-corrected chi connectivity index (χ1v) is 10.6. The lowest BCUT2D eigenvalue weighted by atomic mass is 9.81. The van der Waals surface area contributed by atoms with Crippen molar-refractivity contribution in [3.63, 3.8) is 0 Å². The van der Waals surface area contributed by atoms with Crippen LogP contribution in [0.1, 0.15) is 24.8 Å². The third-order valence-corrected chi connectivity index (χ3v) is 6.22. The van der Waals surface area contributed by atoms with Crippen LogP contribution >= 0.6 is 0 Å². The van der Waals surface area contributed by atoms with Crippen molar-refractivity contribution in [3.05, 3.63) is 29.8 Å². The van der Waals surface area contributed by atoms with Crippen molar-refractivity contribution in [3.8, 4) is 5.75 Å². The van der Waals surface area contributed by atoms with Gasteiger partial charge in [0.1, 0.15) is 5.75 Å². The lowest BCUT2D eigenvalue weighted by Gasteiger charge is -2.39. The van der Waals surface area contributed by atoms with Gasteiger partial charge in [-0.3, -0.25) is 9.59 Å². The molecule has 2 fully saturated rings. The number of carboxylic acids is 1. The summed E-state index contributed by atoms with van der Waals surface area (Å²) in [6.45, 7) is 6.39. The number of methoxy groups -OCH3 is 1. The molecule has 2 aliphatic heterocycles. The van der Waals surface area contributed by atoms with E-state index < -0.39 is 5.97 Å². The summed E-state index contributed by atoms with van der Waals surface area (Å²) >= 11 is 0. The van der Waals surface area contributed by atoms with E-state index >= 15 is 0 Å². The Morgan fingerprint density at radius 1 is 1.14 bits per heavy atom. The van der Waals surface area contributed by atoms with Gasteiger partial charge in [-0.25, -0.2) is 0 Å². The number of rotatable bonds is 8. The number of carboxylic acid groups (broad SMARTS) is 1. The molecule has 0 spiro atoms. The highest BCUT2D eigenvalue weighted by molar-refractivity contribution is 5.79. The standard InChI is InChI=1S/C22H33N3O4/c1-29-20-4-2-17(3-5-20)14-21(26)25-11-7-18(15-22(27)28)19(16-25)6-10-24-12-8-23-9-13-24/h2-5,18-19,23H,6-16H2,1H3,(H,27,28)/t18-,19-/m0/s1. The van der Waals surface area contributed by atoms with Gasteiger partial charge in [-0.2, -0.15) is 0 Å². The fourth-order valence-electron chi connectivity index (χ4n) is 4.44. The molecule has 2 aliphatic rings. The van der Waals surface area contributed by atoms with Crippen LogP contribution in [0.2, 0.25) is 0 Å². The summed E-state index contributed by atoms with van der Waals surface area (Å²) in [6, 6.07) is 7.60. The van der Waals surface area contributed by atoms with Gasteiger partial charge in [-0.1, -0.05) is 12.1 Å². The van der Waals surface area contributed by atoms with E-state index in [-0.39, 0.29) is 24.2 Å². The molecule has 0 aromatic heterocycles. The highest BCUT2D eigenvalue weighted by Gasteiger charge is 2.32. The zero-order chi connectivity index (χ0) is 20.6. The van der Waals surface area contributed by atoms with E-state index in [1.54, 1.807) is 7.11 Å². The van der Waals surface area contributed by atoms with E-state index in [0.717, 1.165) is 56.9 Å². The summed E-state index contributed by atoms with van der Waals surface area (Å²) < 4.78 is 5.17. The van der Waals surface area contributed by atoms with Crippen LogP contribution in [0, 0.1) is 11.8 Å². The van der Waals surface area contributed by atoms with Crippen LogP contribution in [0.5, 0.6) is 5.75 Å². The van der Waals surface area contributed by atoms with Crippen molar-refractivity contribution in [1.82, 2.24) is 15.1 Å². The minimum absolute atomic E-state index is 0.121. The number of piperazine rings is 1. The molecule has 2 saturated heterocycles. The fourth-order valence-corrected chi connectivity index (χ4v) is 4.44. The Bertz CT molecular complexity index is 673. The number of amides is 1. The molecule has 7 heteroatoms. The second-order valence-corrected chi connectivity index (χ2v) is 8.15. The summed E-state index contributed by atoms with van der Waals surface area (Å²) in [5.74, 6) is 0.565. The third-order valence-electron chi connectivity index (χ3n) is 6.22. The van der Waals surface area contributed by atoms with Crippen molar-refractivity contribution in [2.24, 2.45) is 11.8 Å². The summed E-state index contributed by atoms with van der Waals surface area (Å²) in [5, 5.41) is 12.7. The maximum Gasteiger partial charge on any atom is 0.303 e. The number of carbonyl (C=O) groups excluding carboxylic acids is 1. The zero-order valence-electron chi connectivity index (χ0n) is 17.3. The van der Waals surface area contributed by atoms with E-state index in [1.165, 1.54) is 0 Å². The molecule has 0 bridgehead atoms. The van der Waals surface area contributed by atoms with E-state index in [0.29, 0.717) is 19.5 Å². The predicted molar refractivity (Wildman–Crippen MR) is 111 cm³/mol. The summed E-state index contributed by atoms with van der Waals surface area (Å²) in [7, 11) is 1.63. The number of nitrogens with zero attached hydrogens (tertiary/aromatic N) is 2. The molecule has 2 heterocycles. The molecule has 1 aromatic rings. The lowest BCUT2D eigenvalue weighted by molar-refractivity contribution is -0.139. The Morgan fingerprint density at radius 3 is 2.52 bits per heavy atom. The molecule has 1 amide bonds. The predicted octanol–water partition coefficient (Wildman–Crippen LogP) is 1.47. The molecule has 0 aliphatic carbocycles. The fraction of sp³-hybridized carbons (Fsp3) is 0.636. The van der Waals surface area contributed by atoms with Crippen LogP contribution in [0.4, 0.5) is 0 Å². The number of hydrogen-bond donors (Lipinski definition) is 2. The molecule has 29 heavy (non-hydrogen) atoms. The van der Waals surface area contributed by atoms with Gasteiger partial charge in [-0.15, -0.1) is 0 Å². The van der Waals surface area contributed by atoms with Crippen molar-refractivity contribution < 1.29 is 19.4 Å². The summed E-state index contributed by atoms with van der Waals surface area (Å²) in [6.07, 6.45) is 2.29. The van der Waals surface area contributed by atoms with Crippen molar-refractivity contribution in [2.75, 3.05) is 52.9 Å². The summed E-state index contributed by atoms with van der Waals surface area (Å²) in [5.41, 5.74) is 0.973. The van der Waals surface area contributed by atoms with E-state index in [9.17, 15) is 14.7 Å².